The molecule has 1 heterocycles. The van der Waals surface area contributed by atoms with Crippen molar-refractivity contribution >= 4 is 17.3 Å². The zero-order valence-corrected chi connectivity index (χ0v) is 10.8. The van der Waals surface area contributed by atoms with Crippen LogP contribution in [0.4, 0.5) is 0 Å². The average molecular weight is 240 g/mol. The average Bonchev–Trinajstić information content (AvgIpc) is 2.70. The fourth-order valence-electron chi connectivity index (χ4n) is 1.44. The SMILES string of the molecule is CCCCNC(=S)NC(C)Cc1ccco1. The molecule has 0 aliphatic heterocycles. The summed E-state index contributed by atoms with van der Waals surface area (Å²) in [6, 6.07) is 4.17. The van der Waals surface area contributed by atoms with Crippen LogP contribution in [0.3, 0.4) is 0 Å². The Morgan fingerprint density at radius 2 is 2.38 bits per heavy atom. The van der Waals surface area contributed by atoms with Gasteiger partial charge in [0.1, 0.15) is 5.76 Å². The summed E-state index contributed by atoms with van der Waals surface area (Å²) in [6.45, 7) is 5.20. The van der Waals surface area contributed by atoms with Gasteiger partial charge in [-0.25, -0.2) is 0 Å². The second kappa shape index (κ2) is 7.28. The first-order valence-electron chi connectivity index (χ1n) is 5.79. The fraction of sp³-hybridized carbons (Fsp3) is 0.583. The van der Waals surface area contributed by atoms with Crippen LogP contribution in [0, 0.1) is 0 Å². The predicted molar refractivity (Wildman–Crippen MR) is 70.5 cm³/mol. The van der Waals surface area contributed by atoms with Crippen molar-refractivity contribution in [3.8, 4) is 0 Å². The molecule has 4 heteroatoms. The van der Waals surface area contributed by atoms with Crippen LogP contribution in [0.2, 0.25) is 0 Å². The minimum absolute atomic E-state index is 0.285. The number of unbranched alkanes of at least 4 members (excludes halogenated alkanes) is 1. The van der Waals surface area contributed by atoms with Gasteiger partial charge in [0.05, 0.1) is 6.26 Å². The van der Waals surface area contributed by atoms with Crippen LogP contribution in [-0.4, -0.2) is 17.7 Å². The fourth-order valence-corrected chi connectivity index (χ4v) is 1.74. The molecule has 2 N–H and O–H groups in total. The summed E-state index contributed by atoms with van der Waals surface area (Å²) in [5.41, 5.74) is 0. The molecule has 0 aromatic carbocycles. The lowest BCUT2D eigenvalue weighted by Gasteiger charge is -2.15. The Balaban J connectivity index is 2.18. The lowest BCUT2D eigenvalue weighted by Crippen LogP contribution is -2.41. The van der Waals surface area contributed by atoms with Gasteiger partial charge in [0.15, 0.2) is 5.11 Å². The Morgan fingerprint density at radius 1 is 1.56 bits per heavy atom. The molecule has 1 aromatic rings. The minimum Gasteiger partial charge on any atom is -0.469 e. The van der Waals surface area contributed by atoms with Crippen molar-refractivity contribution in [3.05, 3.63) is 24.2 Å². The quantitative estimate of drug-likeness (QED) is 0.592. The van der Waals surface area contributed by atoms with E-state index in [1.165, 1.54) is 6.42 Å². The summed E-state index contributed by atoms with van der Waals surface area (Å²) >= 11 is 5.19. The first-order valence-corrected chi connectivity index (χ1v) is 6.20. The van der Waals surface area contributed by atoms with Crippen molar-refractivity contribution in [2.45, 2.75) is 39.2 Å². The first-order chi connectivity index (χ1) is 7.72. The molecule has 0 aliphatic carbocycles. The molecule has 0 radical (unpaired) electrons. The molecule has 3 nitrogen and oxygen atoms in total. The molecule has 0 saturated carbocycles. The minimum atomic E-state index is 0.285. The van der Waals surface area contributed by atoms with Gasteiger partial charge >= 0.3 is 0 Å². The number of rotatable bonds is 6. The predicted octanol–water partition coefficient (Wildman–Crippen LogP) is 2.47. The van der Waals surface area contributed by atoms with E-state index in [9.17, 15) is 0 Å². The van der Waals surface area contributed by atoms with Gasteiger partial charge in [-0.2, -0.15) is 0 Å². The van der Waals surface area contributed by atoms with Crippen LogP contribution < -0.4 is 10.6 Å². The van der Waals surface area contributed by atoms with Gasteiger partial charge in [-0.05, 0) is 37.7 Å². The second-order valence-corrected chi connectivity index (χ2v) is 4.35. The van der Waals surface area contributed by atoms with Gasteiger partial charge in [-0.1, -0.05) is 13.3 Å². The molecular weight excluding hydrogens is 220 g/mol. The highest BCUT2D eigenvalue weighted by Gasteiger charge is 2.06. The first kappa shape index (κ1) is 13.0. The van der Waals surface area contributed by atoms with E-state index in [2.05, 4.69) is 24.5 Å². The van der Waals surface area contributed by atoms with E-state index in [0.717, 1.165) is 30.3 Å². The van der Waals surface area contributed by atoms with Crippen molar-refractivity contribution < 1.29 is 4.42 Å². The molecule has 16 heavy (non-hydrogen) atoms. The third-order valence-electron chi connectivity index (χ3n) is 2.28. The zero-order valence-electron chi connectivity index (χ0n) is 9.95. The molecule has 1 rings (SSSR count). The molecule has 0 saturated heterocycles. The normalized spacial score (nSPS) is 12.1. The maximum atomic E-state index is 5.28. The van der Waals surface area contributed by atoms with Gasteiger partial charge in [-0.3, -0.25) is 0 Å². The Kier molecular flexibility index (Phi) is 5.93. The summed E-state index contributed by atoms with van der Waals surface area (Å²) < 4.78 is 5.28. The third-order valence-corrected chi connectivity index (χ3v) is 2.54. The molecule has 0 spiro atoms. The standard InChI is InChI=1S/C12H20N2OS/c1-3-4-7-13-12(16)14-10(2)9-11-6-5-8-15-11/h5-6,8,10H,3-4,7,9H2,1-2H3,(H2,13,14,16). The summed E-state index contributed by atoms with van der Waals surface area (Å²) in [7, 11) is 0. The zero-order chi connectivity index (χ0) is 11.8. The molecule has 90 valence electrons. The monoisotopic (exact) mass is 240 g/mol. The maximum Gasteiger partial charge on any atom is 0.166 e. The van der Waals surface area contributed by atoms with E-state index < -0.39 is 0 Å². The summed E-state index contributed by atoms with van der Waals surface area (Å²) in [5.74, 6) is 0.983. The summed E-state index contributed by atoms with van der Waals surface area (Å²) in [4.78, 5) is 0. The van der Waals surface area contributed by atoms with Crippen LogP contribution in [-0.2, 0) is 6.42 Å². The molecule has 1 atom stereocenters. The topological polar surface area (TPSA) is 37.2 Å². The number of hydrogen-bond donors (Lipinski definition) is 2. The van der Waals surface area contributed by atoms with E-state index in [4.69, 9.17) is 16.6 Å². The molecule has 0 aliphatic rings. The number of furan rings is 1. The van der Waals surface area contributed by atoms with Gasteiger partial charge in [-0.15, -0.1) is 0 Å². The van der Waals surface area contributed by atoms with Crippen molar-refractivity contribution in [1.82, 2.24) is 10.6 Å². The van der Waals surface area contributed by atoms with E-state index in [1.54, 1.807) is 6.26 Å². The van der Waals surface area contributed by atoms with E-state index in [1.807, 2.05) is 12.1 Å². The van der Waals surface area contributed by atoms with E-state index >= 15 is 0 Å². The van der Waals surface area contributed by atoms with Crippen LogP contribution in [0.1, 0.15) is 32.4 Å². The lowest BCUT2D eigenvalue weighted by atomic mass is 10.2. The maximum absolute atomic E-state index is 5.28. The second-order valence-electron chi connectivity index (χ2n) is 3.94. The molecule has 0 fully saturated rings. The van der Waals surface area contributed by atoms with Crippen LogP contribution in [0.5, 0.6) is 0 Å². The van der Waals surface area contributed by atoms with Crippen LogP contribution >= 0.6 is 12.2 Å². The Hall–Kier alpha value is -1.03. The van der Waals surface area contributed by atoms with E-state index in [-0.39, 0.29) is 6.04 Å². The molecule has 0 amide bonds. The number of hydrogen-bond acceptors (Lipinski definition) is 2. The largest absolute Gasteiger partial charge is 0.469 e. The highest BCUT2D eigenvalue weighted by molar-refractivity contribution is 7.80. The van der Waals surface area contributed by atoms with Crippen LogP contribution in [0.25, 0.3) is 0 Å². The van der Waals surface area contributed by atoms with Gasteiger partial charge in [0.2, 0.25) is 0 Å². The Morgan fingerprint density at radius 3 is 3.00 bits per heavy atom. The highest BCUT2D eigenvalue weighted by atomic mass is 32.1. The smallest absolute Gasteiger partial charge is 0.166 e. The van der Waals surface area contributed by atoms with Crippen molar-refractivity contribution in [1.29, 1.82) is 0 Å². The van der Waals surface area contributed by atoms with Crippen molar-refractivity contribution in [2.24, 2.45) is 0 Å². The molecule has 1 unspecified atom stereocenters. The highest BCUT2D eigenvalue weighted by Crippen LogP contribution is 2.03. The Labute approximate surface area is 103 Å². The summed E-state index contributed by atoms with van der Waals surface area (Å²) in [5, 5.41) is 7.15. The molecular formula is C12H20N2OS. The van der Waals surface area contributed by atoms with Crippen molar-refractivity contribution in [3.63, 3.8) is 0 Å². The third kappa shape index (κ3) is 5.16. The number of nitrogens with one attached hydrogen (secondary N) is 2. The van der Waals surface area contributed by atoms with Gasteiger partial charge in [0.25, 0.3) is 0 Å². The van der Waals surface area contributed by atoms with Crippen LogP contribution in [0.15, 0.2) is 22.8 Å². The van der Waals surface area contributed by atoms with Gasteiger partial charge in [0, 0.05) is 19.0 Å². The Bertz CT molecular complexity index is 298. The van der Waals surface area contributed by atoms with Crippen molar-refractivity contribution in [2.75, 3.05) is 6.54 Å². The molecule has 1 aromatic heterocycles. The van der Waals surface area contributed by atoms with Gasteiger partial charge < -0.3 is 15.1 Å². The summed E-state index contributed by atoms with van der Waals surface area (Å²) in [6.07, 6.45) is 4.87. The lowest BCUT2D eigenvalue weighted by molar-refractivity contribution is 0.481. The van der Waals surface area contributed by atoms with E-state index in [0.29, 0.717) is 0 Å². The number of thiocarbonyl (C=S) groups is 1. The molecule has 0 bridgehead atoms.